The van der Waals surface area contributed by atoms with Crippen molar-refractivity contribution in [2.24, 2.45) is 0 Å². The third-order valence-electron chi connectivity index (χ3n) is 3.49. The molecule has 0 fully saturated rings. The Morgan fingerprint density at radius 2 is 1.92 bits per heavy atom. The van der Waals surface area contributed by atoms with E-state index < -0.39 is 21.9 Å². The zero-order valence-corrected chi connectivity index (χ0v) is 14.2. The van der Waals surface area contributed by atoms with Crippen molar-refractivity contribution in [1.29, 1.82) is 0 Å². The molecule has 3 rings (SSSR count). The fourth-order valence-corrected chi connectivity index (χ4v) is 4.19. The summed E-state index contributed by atoms with van der Waals surface area (Å²) >= 11 is 1.55. The van der Waals surface area contributed by atoms with Crippen LogP contribution in [0.1, 0.15) is 17.3 Å². The smallest absolute Gasteiger partial charge is 0.241 e. The van der Waals surface area contributed by atoms with Gasteiger partial charge in [0.15, 0.2) is 0 Å². The summed E-state index contributed by atoms with van der Waals surface area (Å²) in [6.07, 6.45) is 2.11. The van der Waals surface area contributed by atoms with E-state index in [1.165, 1.54) is 12.1 Å². The van der Waals surface area contributed by atoms with Gasteiger partial charge in [0, 0.05) is 6.20 Å². The molecule has 1 N–H and O–H groups in total. The van der Waals surface area contributed by atoms with Crippen molar-refractivity contribution in [1.82, 2.24) is 9.71 Å². The number of sulfonamides is 1. The van der Waals surface area contributed by atoms with Crippen LogP contribution in [0, 0.1) is 5.82 Å². The van der Waals surface area contributed by atoms with Crippen molar-refractivity contribution in [3.8, 4) is 0 Å². The van der Waals surface area contributed by atoms with E-state index in [0.29, 0.717) is 12.1 Å². The molecule has 4 nitrogen and oxygen atoms in total. The second-order valence-electron chi connectivity index (χ2n) is 5.22. The number of halogens is 1. The normalized spacial score (nSPS) is 12.9. The molecule has 0 aliphatic carbocycles. The fraction of sp³-hybridized carbons (Fsp3) is 0.118. The maximum absolute atomic E-state index is 13.0. The Bertz CT molecular complexity index is 880. The molecule has 0 bridgehead atoms. The van der Waals surface area contributed by atoms with E-state index >= 15 is 0 Å². The third kappa shape index (κ3) is 4.05. The Hall–Kier alpha value is -2.09. The van der Waals surface area contributed by atoms with E-state index in [1.54, 1.807) is 29.7 Å². The summed E-state index contributed by atoms with van der Waals surface area (Å²) in [5.41, 5.74) is 1.66. The largest absolute Gasteiger partial charge is 0.260 e. The van der Waals surface area contributed by atoms with Crippen molar-refractivity contribution in [3.05, 3.63) is 82.6 Å². The van der Waals surface area contributed by atoms with Gasteiger partial charge in [0.05, 0.1) is 16.6 Å². The Balaban J connectivity index is 1.89. The van der Waals surface area contributed by atoms with Gasteiger partial charge in [0.25, 0.3) is 0 Å². The van der Waals surface area contributed by atoms with Crippen LogP contribution in [-0.2, 0) is 16.4 Å². The highest BCUT2D eigenvalue weighted by Crippen LogP contribution is 2.21. The lowest BCUT2D eigenvalue weighted by Gasteiger charge is -2.18. The monoisotopic (exact) mass is 362 g/mol. The lowest BCUT2D eigenvalue weighted by Crippen LogP contribution is -2.30. The number of hydrogen-bond acceptors (Lipinski definition) is 4. The molecule has 1 aromatic carbocycles. The summed E-state index contributed by atoms with van der Waals surface area (Å²) in [6, 6.07) is 11.6. The van der Waals surface area contributed by atoms with Gasteiger partial charge >= 0.3 is 0 Å². The SMILES string of the molecule is O=S(=O)(NC(Cc1ccsc1)c1ccccn1)c1ccc(F)cc1. The van der Waals surface area contributed by atoms with Crippen LogP contribution in [0.25, 0.3) is 0 Å². The van der Waals surface area contributed by atoms with E-state index in [0.717, 1.165) is 17.7 Å². The number of rotatable bonds is 6. The van der Waals surface area contributed by atoms with Crippen LogP contribution in [0.2, 0.25) is 0 Å². The minimum atomic E-state index is -3.78. The van der Waals surface area contributed by atoms with E-state index in [-0.39, 0.29) is 4.90 Å². The molecule has 24 heavy (non-hydrogen) atoms. The lowest BCUT2D eigenvalue weighted by molar-refractivity contribution is 0.549. The van der Waals surface area contributed by atoms with Gasteiger partial charge in [0.1, 0.15) is 5.82 Å². The number of nitrogens with one attached hydrogen (secondary N) is 1. The Morgan fingerprint density at radius 1 is 1.12 bits per heavy atom. The van der Waals surface area contributed by atoms with Gasteiger partial charge < -0.3 is 0 Å². The van der Waals surface area contributed by atoms with Crippen LogP contribution in [0.15, 0.2) is 70.4 Å². The molecule has 7 heteroatoms. The minimum absolute atomic E-state index is 0.0233. The van der Waals surface area contributed by atoms with Crippen molar-refractivity contribution in [2.45, 2.75) is 17.4 Å². The highest BCUT2D eigenvalue weighted by Gasteiger charge is 2.22. The first-order valence-corrected chi connectivity index (χ1v) is 9.67. The Kier molecular flexibility index (Phi) is 5.03. The molecule has 2 heterocycles. The summed E-state index contributed by atoms with van der Waals surface area (Å²) in [6.45, 7) is 0. The molecule has 2 aromatic heterocycles. The fourth-order valence-electron chi connectivity index (χ4n) is 2.30. The predicted molar refractivity (Wildman–Crippen MR) is 91.7 cm³/mol. The number of thiophene rings is 1. The first kappa shape index (κ1) is 16.8. The van der Waals surface area contributed by atoms with Crippen LogP contribution in [0.4, 0.5) is 4.39 Å². The zero-order valence-electron chi connectivity index (χ0n) is 12.6. The maximum Gasteiger partial charge on any atom is 0.241 e. The van der Waals surface area contributed by atoms with Crippen LogP contribution in [0.5, 0.6) is 0 Å². The molecule has 1 unspecified atom stereocenters. The average Bonchev–Trinajstić information content (AvgIpc) is 3.08. The molecular formula is C17H15FN2O2S2. The minimum Gasteiger partial charge on any atom is -0.260 e. The van der Waals surface area contributed by atoms with Crippen molar-refractivity contribution < 1.29 is 12.8 Å². The van der Waals surface area contributed by atoms with Gasteiger partial charge in [-0.15, -0.1) is 0 Å². The number of pyridine rings is 1. The second-order valence-corrected chi connectivity index (χ2v) is 7.71. The standard InChI is InChI=1S/C17H15FN2O2S2/c18-14-4-6-15(7-5-14)24(21,22)20-17(11-13-8-10-23-12-13)16-3-1-2-9-19-16/h1-10,12,17,20H,11H2. The van der Waals surface area contributed by atoms with Crippen molar-refractivity contribution in [2.75, 3.05) is 0 Å². The highest BCUT2D eigenvalue weighted by atomic mass is 32.2. The zero-order chi connectivity index (χ0) is 17.0. The molecule has 124 valence electrons. The van der Waals surface area contributed by atoms with Crippen LogP contribution >= 0.6 is 11.3 Å². The second kappa shape index (κ2) is 7.21. The third-order valence-corrected chi connectivity index (χ3v) is 5.71. The highest BCUT2D eigenvalue weighted by molar-refractivity contribution is 7.89. The molecule has 0 amide bonds. The van der Waals surface area contributed by atoms with Gasteiger partial charge in [-0.05, 0) is 65.2 Å². The summed E-state index contributed by atoms with van der Waals surface area (Å²) < 4.78 is 40.9. The lowest BCUT2D eigenvalue weighted by atomic mass is 10.1. The Morgan fingerprint density at radius 3 is 2.54 bits per heavy atom. The van der Waals surface area contributed by atoms with Gasteiger partial charge in [-0.25, -0.2) is 17.5 Å². The van der Waals surface area contributed by atoms with Gasteiger partial charge in [-0.1, -0.05) is 6.07 Å². The van der Waals surface area contributed by atoms with E-state index in [9.17, 15) is 12.8 Å². The molecule has 3 aromatic rings. The summed E-state index contributed by atoms with van der Waals surface area (Å²) in [4.78, 5) is 4.29. The molecule has 0 aliphatic heterocycles. The average molecular weight is 362 g/mol. The number of aromatic nitrogens is 1. The first-order chi connectivity index (χ1) is 11.5. The van der Waals surface area contributed by atoms with E-state index in [1.807, 2.05) is 22.9 Å². The summed E-state index contributed by atoms with van der Waals surface area (Å²) in [5.74, 6) is -0.478. The van der Waals surface area contributed by atoms with E-state index in [4.69, 9.17) is 0 Å². The molecule has 0 spiro atoms. The molecule has 0 saturated carbocycles. The number of hydrogen-bond donors (Lipinski definition) is 1. The van der Waals surface area contributed by atoms with Crippen molar-refractivity contribution in [3.63, 3.8) is 0 Å². The molecular weight excluding hydrogens is 347 g/mol. The number of benzene rings is 1. The van der Waals surface area contributed by atoms with Gasteiger partial charge in [0.2, 0.25) is 10.0 Å². The Labute approximate surface area is 144 Å². The van der Waals surface area contributed by atoms with Gasteiger partial charge in [-0.3, -0.25) is 4.98 Å². The van der Waals surface area contributed by atoms with Crippen LogP contribution in [-0.4, -0.2) is 13.4 Å². The summed E-state index contributed by atoms with van der Waals surface area (Å²) in [7, 11) is -3.78. The molecule has 0 aliphatic rings. The number of nitrogens with zero attached hydrogens (tertiary/aromatic N) is 1. The van der Waals surface area contributed by atoms with Crippen LogP contribution in [0.3, 0.4) is 0 Å². The molecule has 0 radical (unpaired) electrons. The van der Waals surface area contributed by atoms with Crippen molar-refractivity contribution >= 4 is 21.4 Å². The molecule has 0 saturated heterocycles. The summed E-state index contributed by atoms with van der Waals surface area (Å²) in [5, 5.41) is 3.92. The first-order valence-electron chi connectivity index (χ1n) is 7.24. The molecule has 1 atom stereocenters. The topological polar surface area (TPSA) is 59.1 Å². The van der Waals surface area contributed by atoms with Crippen LogP contribution < -0.4 is 4.72 Å². The maximum atomic E-state index is 13.0. The van der Waals surface area contributed by atoms with Gasteiger partial charge in [-0.2, -0.15) is 11.3 Å². The van der Waals surface area contributed by atoms with E-state index in [2.05, 4.69) is 9.71 Å². The predicted octanol–water partition coefficient (Wildman–Crippen LogP) is 3.54. The quantitative estimate of drug-likeness (QED) is 0.730.